The number of para-hydroxylation sites is 1. The monoisotopic (exact) mass is 241 g/mol. The van der Waals surface area contributed by atoms with Crippen LogP contribution in [-0.4, -0.2) is 7.11 Å². The Morgan fingerprint density at radius 2 is 1.89 bits per heavy atom. The number of hydrogen-bond acceptors (Lipinski definition) is 3. The van der Waals surface area contributed by atoms with Crippen molar-refractivity contribution in [1.29, 1.82) is 0 Å². The van der Waals surface area contributed by atoms with Gasteiger partial charge >= 0.3 is 0 Å². The minimum absolute atomic E-state index is 0.0918. The molecule has 3 nitrogen and oxygen atoms in total. The van der Waals surface area contributed by atoms with E-state index in [1.807, 2.05) is 42.5 Å². The molecule has 0 bridgehead atoms. The minimum atomic E-state index is -0.0918. The largest absolute Gasteiger partial charge is 0.497 e. The van der Waals surface area contributed by atoms with Gasteiger partial charge in [0.2, 0.25) is 0 Å². The van der Waals surface area contributed by atoms with Gasteiger partial charge in [-0.25, -0.2) is 0 Å². The molecule has 1 aliphatic rings. The highest BCUT2D eigenvalue weighted by atomic mass is 16.5. The summed E-state index contributed by atoms with van der Waals surface area (Å²) in [5.41, 5.74) is 2.30. The lowest BCUT2D eigenvalue weighted by atomic mass is 10.1. The molecule has 0 spiro atoms. The molecule has 1 aliphatic heterocycles. The van der Waals surface area contributed by atoms with Crippen LogP contribution in [-0.2, 0) is 6.54 Å². The normalized spacial score (nSPS) is 17.7. The van der Waals surface area contributed by atoms with Crippen LogP contribution in [0, 0.1) is 0 Å². The van der Waals surface area contributed by atoms with Crippen LogP contribution in [0.1, 0.15) is 17.4 Å². The Hall–Kier alpha value is -2.00. The van der Waals surface area contributed by atoms with E-state index in [4.69, 9.17) is 9.47 Å². The van der Waals surface area contributed by atoms with E-state index in [1.54, 1.807) is 7.11 Å². The third kappa shape index (κ3) is 2.05. The summed E-state index contributed by atoms with van der Waals surface area (Å²) >= 11 is 0. The van der Waals surface area contributed by atoms with Gasteiger partial charge < -0.3 is 9.47 Å². The van der Waals surface area contributed by atoms with Gasteiger partial charge in [-0.1, -0.05) is 30.3 Å². The molecular formula is C15H15NO2. The Balaban J connectivity index is 1.82. The molecule has 2 aromatic carbocycles. The van der Waals surface area contributed by atoms with Gasteiger partial charge in [-0.05, 0) is 18.2 Å². The molecule has 1 unspecified atom stereocenters. The number of methoxy groups -OCH3 is 1. The van der Waals surface area contributed by atoms with E-state index in [2.05, 4.69) is 11.4 Å². The molecule has 2 aromatic rings. The molecule has 1 N–H and O–H groups in total. The van der Waals surface area contributed by atoms with Gasteiger partial charge in [0.25, 0.3) is 0 Å². The fourth-order valence-corrected chi connectivity index (χ4v) is 2.10. The molecule has 1 atom stereocenters. The summed E-state index contributed by atoms with van der Waals surface area (Å²) in [6.45, 7) is 0.826. The predicted octanol–water partition coefficient (Wildman–Crippen LogP) is 2.88. The maximum Gasteiger partial charge on any atom is 0.176 e. The first-order chi connectivity index (χ1) is 8.86. The average Bonchev–Trinajstić information content (AvgIpc) is 2.47. The highest BCUT2D eigenvalue weighted by Crippen LogP contribution is 2.29. The van der Waals surface area contributed by atoms with E-state index in [0.29, 0.717) is 0 Å². The SMILES string of the molecule is COc1ccc(C2NCc3ccccc3O2)cc1. The number of benzene rings is 2. The Morgan fingerprint density at radius 3 is 2.67 bits per heavy atom. The summed E-state index contributed by atoms with van der Waals surface area (Å²) in [6.07, 6.45) is -0.0918. The Bertz CT molecular complexity index is 536. The summed E-state index contributed by atoms with van der Waals surface area (Å²) in [5, 5.41) is 3.37. The van der Waals surface area contributed by atoms with Crippen molar-refractivity contribution in [3.63, 3.8) is 0 Å². The van der Waals surface area contributed by atoms with Gasteiger partial charge in [0, 0.05) is 17.7 Å². The van der Waals surface area contributed by atoms with E-state index in [-0.39, 0.29) is 6.23 Å². The zero-order valence-electron chi connectivity index (χ0n) is 10.2. The standard InChI is InChI=1S/C15H15NO2/c1-17-13-8-6-11(7-9-13)15-16-10-12-4-2-3-5-14(12)18-15/h2-9,15-16H,10H2,1H3. The lowest BCUT2D eigenvalue weighted by Gasteiger charge is -2.27. The van der Waals surface area contributed by atoms with Gasteiger partial charge in [-0.15, -0.1) is 0 Å². The zero-order chi connectivity index (χ0) is 12.4. The first-order valence-corrected chi connectivity index (χ1v) is 5.99. The molecule has 92 valence electrons. The Morgan fingerprint density at radius 1 is 1.11 bits per heavy atom. The van der Waals surface area contributed by atoms with Crippen molar-refractivity contribution in [3.05, 3.63) is 59.7 Å². The van der Waals surface area contributed by atoms with Gasteiger partial charge in [0.1, 0.15) is 11.5 Å². The number of rotatable bonds is 2. The molecule has 0 saturated heterocycles. The molecule has 3 rings (SSSR count). The zero-order valence-corrected chi connectivity index (χ0v) is 10.2. The van der Waals surface area contributed by atoms with E-state index in [0.717, 1.165) is 23.6 Å². The molecule has 0 saturated carbocycles. The number of ether oxygens (including phenoxy) is 2. The third-order valence-corrected chi connectivity index (χ3v) is 3.11. The molecular weight excluding hydrogens is 226 g/mol. The van der Waals surface area contributed by atoms with Crippen LogP contribution in [0.4, 0.5) is 0 Å². The molecule has 0 fully saturated rings. The maximum absolute atomic E-state index is 5.94. The fourth-order valence-electron chi connectivity index (χ4n) is 2.10. The van der Waals surface area contributed by atoms with Crippen LogP contribution in [0.2, 0.25) is 0 Å². The predicted molar refractivity (Wildman–Crippen MR) is 69.6 cm³/mol. The quantitative estimate of drug-likeness (QED) is 0.877. The van der Waals surface area contributed by atoms with Crippen LogP contribution < -0.4 is 14.8 Å². The van der Waals surface area contributed by atoms with Crippen molar-refractivity contribution in [2.75, 3.05) is 7.11 Å². The first-order valence-electron chi connectivity index (χ1n) is 5.99. The molecule has 0 amide bonds. The topological polar surface area (TPSA) is 30.5 Å². The lowest BCUT2D eigenvalue weighted by molar-refractivity contribution is 0.144. The highest BCUT2D eigenvalue weighted by Gasteiger charge is 2.19. The molecule has 3 heteroatoms. The second-order valence-electron chi connectivity index (χ2n) is 4.26. The molecule has 1 heterocycles. The first kappa shape index (κ1) is 11.1. The van der Waals surface area contributed by atoms with Crippen molar-refractivity contribution < 1.29 is 9.47 Å². The van der Waals surface area contributed by atoms with Crippen LogP contribution in [0.15, 0.2) is 48.5 Å². The van der Waals surface area contributed by atoms with Gasteiger partial charge in [-0.2, -0.15) is 0 Å². The second-order valence-corrected chi connectivity index (χ2v) is 4.26. The van der Waals surface area contributed by atoms with Crippen LogP contribution in [0.25, 0.3) is 0 Å². The summed E-state index contributed by atoms with van der Waals surface area (Å²) in [4.78, 5) is 0. The third-order valence-electron chi connectivity index (χ3n) is 3.11. The summed E-state index contributed by atoms with van der Waals surface area (Å²) in [7, 11) is 1.67. The number of hydrogen-bond donors (Lipinski definition) is 1. The lowest BCUT2D eigenvalue weighted by Crippen LogP contribution is -2.30. The van der Waals surface area contributed by atoms with Crippen molar-refractivity contribution in [3.8, 4) is 11.5 Å². The molecule has 0 aliphatic carbocycles. The van der Waals surface area contributed by atoms with Crippen LogP contribution >= 0.6 is 0 Å². The van der Waals surface area contributed by atoms with Crippen molar-refractivity contribution in [2.45, 2.75) is 12.8 Å². The van der Waals surface area contributed by atoms with Crippen molar-refractivity contribution >= 4 is 0 Å². The van der Waals surface area contributed by atoms with E-state index < -0.39 is 0 Å². The van der Waals surface area contributed by atoms with Crippen LogP contribution in [0.5, 0.6) is 11.5 Å². The summed E-state index contributed by atoms with van der Waals surface area (Å²) in [6, 6.07) is 16.0. The maximum atomic E-state index is 5.94. The second kappa shape index (κ2) is 4.70. The van der Waals surface area contributed by atoms with Crippen molar-refractivity contribution in [2.24, 2.45) is 0 Å². The Labute approximate surface area is 106 Å². The highest BCUT2D eigenvalue weighted by molar-refractivity contribution is 5.36. The average molecular weight is 241 g/mol. The number of nitrogens with one attached hydrogen (secondary N) is 1. The fraction of sp³-hybridized carbons (Fsp3) is 0.200. The van der Waals surface area contributed by atoms with E-state index in [1.165, 1.54) is 5.56 Å². The van der Waals surface area contributed by atoms with Crippen molar-refractivity contribution in [1.82, 2.24) is 5.32 Å². The smallest absolute Gasteiger partial charge is 0.176 e. The van der Waals surface area contributed by atoms with Gasteiger partial charge in [-0.3, -0.25) is 5.32 Å². The minimum Gasteiger partial charge on any atom is -0.497 e. The van der Waals surface area contributed by atoms with E-state index >= 15 is 0 Å². The van der Waals surface area contributed by atoms with Gasteiger partial charge in [0.05, 0.1) is 7.11 Å². The van der Waals surface area contributed by atoms with Crippen LogP contribution in [0.3, 0.4) is 0 Å². The molecule has 18 heavy (non-hydrogen) atoms. The summed E-state index contributed by atoms with van der Waals surface area (Å²) < 4.78 is 11.1. The number of fused-ring (bicyclic) bond motifs is 1. The molecule has 0 aromatic heterocycles. The van der Waals surface area contributed by atoms with Gasteiger partial charge in [0.15, 0.2) is 6.23 Å². The Kier molecular flexibility index (Phi) is 2.90. The molecule has 0 radical (unpaired) electrons. The van der Waals surface area contributed by atoms with E-state index in [9.17, 15) is 0 Å². The summed E-state index contributed by atoms with van der Waals surface area (Å²) in [5.74, 6) is 1.81.